The highest BCUT2D eigenvalue weighted by molar-refractivity contribution is 9.10. The zero-order chi connectivity index (χ0) is 11.5. The van der Waals surface area contributed by atoms with E-state index in [1.807, 2.05) is 0 Å². The summed E-state index contributed by atoms with van der Waals surface area (Å²) >= 11 is 9.08. The number of halogens is 2. The molecule has 1 heterocycles. The summed E-state index contributed by atoms with van der Waals surface area (Å²) in [5.74, 6) is -0.201. The third-order valence-electron chi connectivity index (χ3n) is 1.97. The fourth-order valence-electron chi connectivity index (χ4n) is 1.26. The number of anilines is 1. The number of rotatable bonds is 2. The van der Waals surface area contributed by atoms with E-state index in [1.54, 1.807) is 36.5 Å². The van der Waals surface area contributed by atoms with Crippen molar-refractivity contribution in [3.8, 4) is 0 Å². The second kappa shape index (κ2) is 4.72. The van der Waals surface area contributed by atoms with Crippen LogP contribution >= 0.6 is 27.5 Å². The van der Waals surface area contributed by atoms with Crippen LogP contribution in [0.3, 0.4) is 0 Å². The quantitative estimate of drug-likeness (QED) is 0.873. The molecule has 1 aromatic carbocycles. The number of carbonyl (C=O) groups excluding carboxylic acids is 1. The van der Waals surface area contributed by atoms with Gasteiger partial charge in [-0.1, -0.05) is 17.7 Å². The molecule has 2 rings (SSSR count). The molecule has 82 valence electrons. The van der Waals surface area contributed by atoms with E-state index in [4.69, 9.17) is 11.6 Å². The largest absolute Gasteiger partial charge is 0.356 e. The number of aromatic nitrogens is 1. The molecule has 1 amide bonds. The van der Waals surface area contributed by atoms with E-state index in [1.165, 1.54) is 0 Å². The summed E-state index contributed by atoms with van der Waals surface area (Å²) in [6, 6.07) is 8.71. The van der Waals surface area contributed by atoms with Gasteiger partial charge in [0.2, 0.25) is 0 Å². The van der Waals surface area contributed by atoms with Crippen LogP contribution in [0, 0.1) is 0 Å². The first-order valence-corrected chi connectivity index (χ1v) is 5.73. The minimum Gasteiger partial charge on any atom is -0.356 e. The maximum Gasteiger partial charge on any atom is 0.272 e. The zero-order valence-corrected chi connectivity index (χ0v) is 10.5. The number of amides is 1. The Labute approximate surface area is 106 Å². The molecule has 2 aromatic rings. The molecule has 0 spiro atoms. The van der Waals surface area contributed by atoms with Gasteiger partial charge >= 0.3 is 0 Å². The van der Waals surface area contributed by atoms with E-state index >= 15 is 0 Å². The highest BCUT2D eigenvalue weighted by Crippen LogP contribution is 2.16. The molecule has 0 aliphatic rings. The number of carbonyl (C=O) groups is 1. The van der Waals surface area contributed by atoms with Crippen molar-refractivity contribution in [2.75, 3.05) is 5.32 Å². The van der Waals surface area contributed by atoms with E-state index in [2.05, 4.69) is 26.2 Å². The molecule has 0 fully saturated rings. The smallest absolute Gasteiger partial charge is 0.272 e. The normalized spacial score (nSPS) is 10.1. The van der Waals surface area contributed by atoms with Gasteiger partial charge in [0.1, 0.15) is 5.69 Å². The minimum absolute atomic E-state index is 0.201. The SMILES string of the molecule is O=C(Nc1cccc(Cl)c1)c1cc(Br)c[nH]1. The van der Waals surface area contributed by atoms with E-state index < -0.39 is 0 Å². The standard InChI is InChI=1S/C11H8BrClN2O/c12-7-4-10(14-6-7)11(16)15-9-3-1-2-8(13)5-9/h1-6,14H,(H,15,16). The molecule has 5 heteroatoms. The molecule has 0 aliphatic carbocycles. The Bertz CT molecular complexity index is 524. The van der Waals surface area contributed by atoms with Crippen molar-refractivity contribution in [1.82, 2.24) is 4.98 Å². The number of H-pyrrole nitrogens is 1. The van der Waals surface area contributed by atoms with Gasteiger partial charge in [-0.2, -0.15) is 0 Å². The van der Waals surface area contributed by atoms with Crippen molar-refractivity contribution in [3.63, 3.8) is 0 Å². The average molecular weight is 300 g/mol. The first kappa shape index (κ1) is 11.2. The van der Waals surface area contributed by atoms with Crippen LogP contribution < -0.4 is 5.32 Å². The Hall–Kier alpha value is -1.26. The first-order valence-electron chi connectivity index (χ1n) is 4.56. The Morgan fingerprint density at radius 1 is 1.38 bits per heavy atom. The third kappa shape index (κ3) is 2.65. The zero-order valence-electron chi connectivity index (χ0n) is 8.13. The second-order valence-corrected chi connectivity index (χ2v) is 4.55. The van der Waals surface area contributed by atoms with E-state index in [-0.39, 0.29) is 5.91 Å². The Balaban J connectivity index is 2.13. The summed E-state index contributed by atoms with van der Waals surface area (Å²) < 4.78 is 0.837. The van der Waals surface area contributed by atoms with Crippen LogP contribution in [-0.2, 0) is 0 Å². The van der Waals surface area contributed by atoms with Gasteiger partial charge in [0.25, 0.3) is 5.91 Å². The molecule has 2 N–H and O–H groups in total. The summed E-state index contributed by atoms with van der Waals surface area (Å²) in [5.41, 5.74) is 1.16. The predicted molar refractivity (Wildman–Crippen MR) is 67.9 cm³/mol. The first-order chi connectivity index (χ1) is 7.65. The summed E-state index contributed by atoms with van der Waals surface area (Å²) in [5, 5.41) is 3.33. The van der Waals surface area contributed by atoms with Crippen LogP contribution in [0.4, 0.5) is 5.69 Å². The Kier molecular flexibility index (Phi) is 3.31. The summed E-state index contributed by atoms with van der Waals surface area (Å²) in [6.07, 6.45) is 1.70. The molecular formula is C11H8BrClN2O. The van der Waals surface area contributed by atoms with Crippen LogP contribution in [0.2, 0.25) is 5.02 Å². The highest BCUT2D eigenvalue weighted by Gasteiger charge is 2.07. The summed E-state index contributed by atoms with van der Waals surface area (Å²) in [7, 11) is 0. The van der Waals surface area contributed by atoms with Gasteiger partial charge in [0, 0.05) is 21.4 Å². The van der Waals surface area contributed by atoms with Crippen LogP contribution in [0.15, 0.2) is 41.0 Å². The maximum atomic E-state index is 11.7. The lowest BCUT2D eigenvalue weighted by molar-refractivity contribution is 0.102. The van der Waals surface area contributed by atoms with Crippen LogP contribution in [0.1, 0.15) is 10.5 Å². The topological polar surface area (TPSA) is 44.9 Å². The molecule has 0 unspecified atom stereocenters. The molecule has 1 aromatic heterocycles. The molecule has 0 radical (unpaired) electrons. The second-order valence-electron chi connectivity index (χ2n) is 3.20. The molecule has 16 heavy (non-hydrogen) atoms. The molecule has 0 aliphatic heterocycles. The van der Waals surface area contributed by atoms with Crippen LogP contribution in [0.25, 0.3) is 0 Å². The van der Waals surface area contributed by atoms with E-state index in [0.29, 0.717) is 16.4 Å². The number of hydrogen-bond donors (Lipinski definition) is 2. The lowest BCUT2D eigenvalue weighted by Crippen LogP contribution is -2.11. The van der Waals surface area contributed by atoms with Crippen molar-refractivity contribution in [1.29, 1.82) is 0 Å². The molecule has 0 saturated heterocycles. The fourth-order valence-corrected chi connectivity index (χ4v) is 1.80. The van der Waals surface area contributed by atoms with Gasteiger partial charge < -0.3 is 10.3 Å². The summed E-state index contributed by atoms with van der Waals surface area (Å²) in [4.78, 5) is 14.6. The number of aromatic amines is 1. The fraction of sp³-hybridized carbons (Fsp3) is 0. The van der Waals surface area contributed by atoms with Gasteiger partial charge in [-0.05, 0) is 40.2 Å². The Morgan fingerprint density at radius 3 is 2.81 bits per heavy atom. The average Bonchev–Trinajstić information content (AvgIpc) is 2.65. The monoisotopic (exact) mass is 298 g/mol. The van der Waals surface area contributed by atoms with Crippen molar-refractivity contribution in [2.24, 2.45) is 0 Å². The van der Waals surface area contributed by atoms with Gasteiger partial charge in [-0.3, -0.25) is 4.79 Å². The van der Waals surface area contributed by atoms with Crippen LogP contribution in [0.5, 0.6) is 0 Å². The van der Waals surface area contributed by atoms with Crippen molar-refractivity contribution >= 4 is 39.1 Å². The van der Waals surface area contributed by atoms with Crippen LogP contribution in [-0.4, -0.2) is 10.9 Å². The van der Waals surface area contributed by atoms with Gasteiger partial charge in [0.15, 0.2) is 0 Å². The van der Waals surface area contributed by atoms with Crippen molar-refractivity contribution in [2.45, 2.75) is 0 Å². The molecule has 0 atom stereocenters. The number of nitrogens with one attached hydrogen (secondary N) is 2. The third-order valence-corrected chi connectivity index (χ3v) is 2.67. The summed E-state index contributed by atoms with van der Waals surface area (Å²) in [6.45, 7) is 0. The molecule has 0 bridgehead atoms. The lowest BCUT2D eigenvalue weighted by Gasteiger charge is -2.03. The van der Waals surface area contributed by atoms with Crippen molar-refractivity contribution in [3.05, 3.63) is 51.7 Å². The van der Waals surface area contributed by atoms with E-state index in [9.17, 15) is 4.79 Å². The lowest BCUT2D eigenvalue weighted by atomic mass is 10.3. The molecule has 0 saturated carbocycles. The van der Waals surface area contributed by atoms with Gasteiger partial charge in [0.05, 0.1) is 0 Å². The van der Waals surface area contributed by atoms with E-state index in [0.717, 1.165) is 4.47 Å². The highest BCUT2D eigenvalue weighted by atomic mass is 79.9. The Morgan fingerprint density at radius 2 is 2.19 bits per heavy atom. The number of benzene rings is 1. The molecule has 3 nitrogen and oxygen atoms in total. The number of hydrogen-bond acceptors (Lipinski definition) is 1. The molecular weight excluding hydrogens is 291 g/mol. The minimum atomic E-state index is -0.201. The predicted octanol–water partition coefficient (Wildman–Crippen LogP) is 3.68. The van der Waals surface area contributed by atoms with Crippen molar-refractivity contribution < 1.29 is 4.79 Å². The van der Waals surface area contributed by atoms with Gasteiger partial charge in [-0.15, -0.1) is 0 Å². The van der Waals surface area contributed by atoms with Gasteiger partial charge in [-0.25, -0.2) is 0 Å². The maximum absolute atomic E-state index is 11.7.